The first-order valence-electron chi connectivity index (χ1n) is 4.29. The number of benzene rings is 1. The van der Waals surface area contributed by atoms with Crippen molar-refractivity contribution in [2.75, 3.05) is 11.9 Å². The molecule has 0 radical (unpaired) electrons. The zero-order valence-electron chi connectivity index (χ0n) is 7.70. The third kappa shape index (κ3) is 2.42. The van der Waals surface area contributed by atoms with Crippen LogP contribution < -0.4 is 4.90 Å². The Balaban J connectivity index is 2.65. The van der Waals surface area contributed by atoms with E-state index in [1.165, 1.54) is 5.69 Å². The number of hydrogen-bond donors (Lipinski definition) is 0. The highest BCUT2D eigenvalue weighted by Gasteiger charge is 1.91. The summed E-state index contributed by atoms with van der Waals surface area (Å²) in [7, 11) is 2.06. The number of allylic oxidation sites excluding steroid dienone is 1. The highest BCUT2D eigenvalue weighted by molar-refractivity contribution is 5.47. The lowest BCUT2D eigenvalue weighted by Gasteiger charge is -2.13. The Labute approximate surface area is 74.3 Å². The summed E-state index contributed by atoms with van der Waals surface area (Å²) in [6.07, 6.45) is 5.32. The minimum absolute atomic E-state index is 1.08. The molecule has 1 rings (SSSR count). The smallest absolute Gasteiger partial charge is 0.0403 e. The molecule has 0 fully saturated rings. The zero-order chi connectivity index (χ0) is 8.81. The van der Waals surface area contributed by atoms with E-state index < -0.39 is 0 Å². The molecule has 0 amide bonds. The van der Waals surface area contributed by atoms with Crippen LogP contribution in [0.2, 0.25) is 0 Å². The maximum absolute atomic E-state index is 2.15. The van der Waals surface area contributed by atoms with Gasteiger partial charge in [0.15, 0.2) is 0 Å². The van der Waals surface area contributed by atoms with Crippen LogP contribution in [0, 0.1) is 0 Å². The predicted molar refractivity (Wildman–Crippen MR) is 54.3 cm³/mol. The van der Waals surface area contributed by atoms with Gasteiger partial charge in [0.2, 0.25) is 0 Å². The molecule has 12 heavy (non-hydrogen) atoms. The lowest BCUT2D eigenvalue weighted by Crippen LogP contribution is -2.06. The Morgan fingerprint density at radius 2 is 1.92 bits per heavy atom. The van der Waals surface area contributed by atoms with E-state index in [0.717, 1.165) is 6.42 Å². The first kappa shape index (κ1) is 8.85. The number of anilines is 1. The van der Waals surface area contributed by atoms with Crippen molar-refractivity contribution >= 4 is 5.69 Å². The Kier molecular flexibility index (Phi) is 3.39. The molecule has 0 aliphatic carbocycles. The van der Waals surface area contributed by atoms with Crippen LogP contribution in [0.3, 0.4) is 0 Å². The molecule has 0 heterocycles. The van der Waals surface area contributed by atoms with E-state index in [1.54, 1.807) is 0 Å². The average Bonchev–Trinajstić information content (AvgIpc) is 2.15. The lowest BCUT2D eigenvalue weighted by atomic mass is 10.3. The van der Waals surface area contributed by atoms with E-state index in [-0.39, 0.29) is 0 Å². The molecular weight excluding hydrogens is 146 g/mol. The third-order valence-electron chi connectivity index (χ3n) is 1.73. The summed E-state index contributed by atoms with van der Waals surface area (Å²) < 4.78 is 0. The minimum Gasteiger partial charge on any atom is -0.351 e. The summed E-state index contributed by atoms with van der Waals surface area (Å²) >= 11 is 0. The second kappa shape index (κ2) is 4.60. The number of nitrogens with zero attached hydrogens (tertiary/aromatic N) is 1. The second-order valence-electron chi connectivity index (χ2n) is 2.74. The van der Waals surface area contributed by atoms with Crippen LogP contribution in [0.4, 0.5) is 5.69 Å². The molecule has 0 aliphatic heterocycles. The van der Waals surface area contributed by atoms with Gasteiger partial charge in [-0.1, -0.05) is 31.2 Å². The minimum atomic E-state index is 1.08. The number of para-hydroxylation sites is 1. The van der Waals surface area contributed by atoms with Gasteiger partial charge in [0.1, 0.15) is 0 Å². The van der Waals surface area contributed by atoms with Crippen LogP contribution in [0.1, 0.15) is 13.3 Å². The topological polar surface area (TPSA) is 3.24 Å². The largest absolute Gasteiger partial charge is 0.351 e. The van der Waals surface area contributed by atoms with Gasteiger partial charge in [-0.25, -0.2) is 0 Å². The second-order valence-corrected chi connectivity index (χ2v) is 2.74. The molecule has 0 aromatic heterocycles. The van der Waals surface area contributed by atoms with Crippen LogP contribution in [0.15, 0.2) is 42.6 Å². The van der Waals surface area contributed by atoms with E-state index >= 15 is 0 Å². The molecule has 1 aromatic rings. The highest BCUT2D eigenvalue weighted by Crippen LogP contribution is 2.10. The van der Waals surface area contributed by atoms with Crippen molar-refractivity contribution in [3.63, 3.8) is 0 Å². The first-order chi connectivity index (χ1) is 5.84. The van der Waals surface area contributed by atoms with Crippen molar-refractivity contribution in [3.05, 3.63) is 42.6 Å². The molecule has 0 N–H and O–H groups in total. The summed E-state index contributed by atoms with van der Waals surface area (Å²) in [5.41, 5.74) is 1.22. The molecule has 0 atom stereocenters. The van der Waals surface area contributed by atoms with Gasteiger partial charge in [-0.2, -0.15) is 0 Å². The zero-order valence-corrected chi connectivity index (χ0v) is 7.70. The quantitative estimate of drug-likeness (QED) is 0.658. The van der Waals surface area contributed by atoms with Crippen molar-refractivity contribution in [1.29, 1.82) is 0 Å². The summed E-state index contributed by atoms with van der Waals surface area (Å²) in [6.45, 7) is 2.13. The molecule has 0 aliphatic rings. The molecule has 1 nitrogen and oxygen atoms in total. The first-order valence-corrected chi connectivity index (χ1v) is 4.29. The van der Waals surface area contributed by atoms with E-state index in [1.807, 2.05) is 18.2 Å². The Hall–Kier alpha value is -1.24. The van der Waals surface area contributed by atoms with E-state index in [0.29, 0.717) is 0 Å². The standard InChI is InChI=1S/C11H15N/c1-3-4-10-12(2)11-8-6-5-7-9-11/h4-10H,3H2,1-2H3/b10-4-. The molecule has 1 heteroatoms. The van der Waals surface area contributed by atoms with Crippen LogP contribution in [0.5, 0.6) is 0 Å². The normalized spacial score (nSPS) is 10.5. The molecule has 0 unspecified atom stereocenters. The molecular formula is C11H15N. The van der Waals surface area contributed by atoms with E-state index in [4.69, 9.17) is 0 Å². The fraction of sp³-hybridized carbons (Fsp3) is 0.273. The SMILES string of the molecule is CC/C=C\N(C)c1ccccc1. The van der Waals surface area contributed by atoms with Crippen molar-refractivity contribution < 1.29 is 0 Å². The van der Waals surface area contributed by atoms with Gasteiger partial charge in [-0.05, 0) is 24.8 Å². The summed E-state index contributed by atoms with van der Waals surface area (Å²) in [6, 6.07) is 10.3. The van der Waals surface area contributed by atoms with Crippen molar-refractivity contribution in [1.82, 2.24) is 0 Å². The van der Waals surface area contributed by atoms with Gasteiger partial charge >= 0.3 is 0 Å². The van der Waals surface area contributed by atoms with E-state index in [2.05, 4.69) is 43.3 Å². The van der Waals surface area contributed by atoms with Crippen LogP contribution in [-0.4, -0.2) is 7.05 Å². The van der Waals surface area contributed by atoms with Crippen molar-refractivity contribution in [2.45, 2.75) is 13.3 Å². The summed E-state index contributed by atoms with van der Waals surface area (Å²) in [4.78, 5) is 2.11. The molecule has 0 saturated heterocycles. The Bertz CT molecular complexity index is 238. The predicted octanol–water partition coefficient (Wildman–Crippen LogP) is 3.05. The van der Waals surface area contributed by atoms with Gasteiger partial charge in [-0.3, -0.25) is 0 Å². The lowest BCUT2D eigenvalue weighted by molar-refractivity contribution is 1.15. The van der Waals surface area contributed by atoms with Gasteiger partial charge in [-0.15, -0.1) is 0 Å². The maximum atomic E-state index is 2.15. The summed E-state index contributed by atoms with van der Waals surface area (Å²) in [5, 5.41) is 0. The van der Waals surface area contributed by atoms with Gasteiger partial charge in [0.05, 0.1) is 0 Å². The van der Waals surface area contributed by atoms with Gasteiger partial charge in [0, 0.05) is 12.7 Å². The van der Waals surface area contributed by atoms with Gasteiger partial charge < -0.3 is 4.90 Å². The average molecular weight is 161 g/mol. The molecule has 64 valence electrons. The maximum Gasteiger partial charge on any atom is 0.0403 e. The van der Waals surface area contributed by atoms with Crippen molar-refractivity contribution in [2.24, 2.45) is 0 Å². The van der Waals surface area contributed by atoms with Crippen LogP contribution in [-0.2, 0) is 0 Å². The highest BCUT2D eigenvalue weighted by atomic mass is 15.1. The molecule has 0 saturated carbocycles. The summed E-state index contributed by atoms with van der Waals surface area (Å²) in [5.74, 6) is 0. The van der Waals surface area contributed by atoms with E-state index in [9.17, 15) is 0 Å². The fourth-order valence-corrected chi connectivity index (χ4v) is 1.01. The third-order valence-corrected chi connectivity index (χ3v) is 1.73. The monoisotopic (exact) mass is 161 g/mol. The molecule has 0 spiro atoms. The van der Waals surface area contributed by atoms with Crippen molar-refractivity contribution in [3.8, 4) is 0 Å². The van der Waals surface area contributed by atoms with Gasteiger partial charge in [0.25, 0.3) is 0 Å². The van der Waals surface area contributed by atoms with Crippen LogP contribution >= 0.6 is 0 Å². The Morgan fingerprint density at radius 1 is 1.25 bits per heavy atom. The van der Waals surface area contributed by atoms with Crippen LogP contribution in [0.25, 0.3) is 0 Å². The Morgan fingerprint density at radius 3 is 2.50 bits per heavy atom. The molecule has 0 bridgehead atoms. The fourth-order valence-electron chi connectivity index (χ4n) is 1.01. The number of hydrogen-bond acceptors (Lipinski definition) is 1. The molecule has 1 aromatic carbocycles. The number of rotatable bonds is 3.